The van der Waals surface area contributed by atoms with E-state index in [-0.39, 0.29) is 5.78 Å². The van der Waals surface area contributed by atoms with Gasteiger partial charge in [-0.2, -0.15) is 0 Å². The van der Waals surface area contributed by atoms with Crippen molar-refractivity contribution in [2.75, 3.05) is 7.11 Å². The second-order valence-corrected chi connectivity index (χ2v) is 1.85. The molecule has 0 aromatic heterocycles. The lowest BCUT2D eigenvalue weighted by Gasteiger charge is -2.07. The Morgan fingerprint density at radius 3 is 2.45 bits per heavy atom. The number of nitrogens with one attached hydrogen (secondary N) is 1. The van der Waals surface area contributed by atoms with Crippen LogP contribution in [0, 0.1) is 12.3 Å². The molecule has 0 bridgehead atoms. The highest BCUT2D eigenvalue weighted by Gasteiger charge is 2.12. The fourth-order valence-electron chi connectivity index (χ4n) is 0.437. The zero-order chi connectivity index (χ0) is 8.85. The number of carbonyl (C=O) groups is 2. The van der Waals surface area contributed by atoms with E-state index in [1.807, 2.05) is 0 Å². The maximum atomic E-state index is 10.6. The number of Topliss-reactive ketones (excluding diaryl/α,β-unsaturated/α-hetero) is 1. The first-order valence-corrected chi connectivity index (χ1v) is 2.93. The number of terminal acetylenes is 1. The van der Waals surface area contributed by atoms with Gasteiger partial charge in [-0.15, -0.1) is 6.42 Å². The molecule has 0 aliphatic carbocycles. The molecule has 11 heavy (non-hydrogen) atoms. The zero-order valence-corrected chi connectivity index (χ0v) is 6.38. The predicted molar refractivity (Wildman–Crippen MR) is 38.8 cm³/mol. The van der Waals surface area contributed by atoms with Crippen LogP contribution in [0.2, 0.25) is 0 Å². The summed E-state index contributed by atoms with van der Waals surface area (Å²) >= 11 is 0. The molecule has 4 heteroatoms. The second-order valence-electron chi connectivity index (χ2n) is 1.85. The van der Waals surface area contributed by atoms with Crippen LogP contribution in [0.25, 0.3) is 0 Å². The van der Waals surface area contributed by atoms with Crippen molar-refractivity contribution in [1.29, 1.82) is 0 Å². The molecule has 1 amide bonds. The molecule has 0 saturated heterocycles. The molecule has 0 heterocycles. The quantitative estimate of drug-likeness (QED) is 0.568. The first-order chi connectivity index (χ1) is 5.11. The molecule has 0 aromatic carbocycles. The van der Waals surface area contributed by atoms with E-state index in [1.54, 1.807) is 0 Å². The molecule has 1 atom stereocenters. The van der Waals surface area contributed by atoms with Crippen molar-refractivity contribution in [3.05, 3.63) is 0 Å². The van der Waals surface area contributed by atoms with Gasteiger partial charge in [-0.1, -0.05) is 5.92 Å². The summed E-state index contributed by atoms with van der Waals surface area (Å²) in [5, 5.41) is 2.17. The Morgan fingerprint density at radius 2 is 2.18 bits per heavy atom. The van der Waals surface area contributed by atoms with Gasteiger partial charge in [-0.25, -0.2) is 4.79 Å². The number of ether oxygens (including phenoxy) is 1. The lowest BCUT2D eigenvalue weighted by Crippen LogP contribution is -2.38. The fraction of sp³-hybridized carbons (Fsp3) is 0.429. The van der Waals surface area contributed by atoms with Gasteiger partial charge in [-0.3, -0.25) is 4.79 Å². The summed E-state index contributed by atoms with van der Waals surface area (Å²) in [5.41, 5.74) is 0. The number of amides is 1. The van der Waals surface area contributed by atoms with Crippen LogP contribution in [0.4, 0.5) is 4.79 Å². The van der Waals surface area contributed by atoms with E-state index in [9.17, 15) is 9.59 Å². The number of rotatable bonds is 2. The van der Waals surface area contributed by atoms with Crippen molar-refractivity contribution in [2.45, 2.75) is 13.0 Å². The van der Waals surface area contributed by atoms with E-state index < -0.39 is 12.1 Å². The summed E-state index contributed by atoms with van der Waals surface area (Å²) in [4.78, 5) is 21.1. The molecule has 0 saturated carbocycles. The smallest absolute Gasteiger partial charge is 0.408 e. The summed E-state index contributed by atoms with van der Waals surface area (Å²) in [5.74, 6) is 1.81. The monoisotopic (exact) mass is 155 g/mol. The zero-order valence-electron chi connectivity index (χ0n) is 6.38. The third-order valence-electron chi connectivity index (χ3n) is 1.02. The van der Waals surface area contributed by atoms with Crippen LogP contribution in [0.15, 0.2) is 0 Å². The third-order valence-corrected chi connectivity index (χ3v) is 1.02. The molecule has 0 rings (SSSR count). The molecule has 0 radical (unpaired) electrons. The van der Waals surface area contributed by atoms with Crippen molar-refractivity contribution >= 4 is 11.9 Å². The molecule has 0 aliphatic heterocycles. The van der Waals surface area contributed by atoms with Gasteiger partial charge < -0.3 is 10.1 Å². The largest absolute Gasteiger partial charge is 0.453 e. The molecule has 0 unspecified atom stereocenters. The van der Waals surface area contributed by atoms with Crippen molar-refractivity contribution in [3.8, 4) is 12.3 Å². The summed E-state index contributed by atoms with van der Waals surface area (Å²) < 4.78 is 4.23. The number of hydrogen-bond acceptors (Lipinski definition) is 3. The Kier molecular flexibility index (Phi) is 3.75. The highest BCUT2D eigenvalue weighted by atomic mass is 16.5. The Balaban J connectivity index is 4.01. The number of methoxy groups -OCH3 is 1. The maximum Gasteiger partial charge on any atom is 0.408 e. The van der Waals surface area contributed by atoms with Crippen LogP contribution >= 0.6 is 0 Å². The molecule has 0 spiro atoms. The summed E-state index contributed by atoms with van der Waals surface area (Å²) in [6, 6.07) is -0.887. The minimum atomic E-state index is -0.887. The highest BCUT2D eigenvalue weighted by Crippen LogP contribution is 1.84. The van der Waals surface area contributed by atoms with Gasteiger partial charge in [0.1, 0.15) is 0 Å². The van der Waals surface area contributed by atoms with Crippen LogP contribution in [0.3, 0.4) is 0 Å². The van der Waals surface area contributed by atoms with E-state index in [0.29, 0.717) is 0 Å². The SMILES string of the molecule is C#C[C@H](NC(=O)OC)C(C)=O. The van der Waals surface area contributed by atoms with Crippen molar-refractivity contribution in [2.24, 2.45) is 0 Å². The Labute approximate surface area is 64.9 Å². The number of hydrogen-bond donors (Lipinski definition) is 1. The van der Waals surface area contributed by atoms with Gasteiger partial charge in [0.05, 0.1) is 7.11 Å². The fourth-order valence-corrected chi connectivity index (χ4v) is 0.437. The Morgan fingerprint density at radius 1 is 1.64 bits per heavy atom. The van der Waals surface area contributed by atoms with Gasteiger partial charge in [0.2, 0.25) is 0 Å². The lowest BCUT2D eigenvalue weighted by molar-refractivity contribution is -0.117. The minimum absolute atomic E-state index is 0.294. The number of alkyl carbamates (subject to hydrolysis) is 1. The number of carbonyl (C=O) groups excluding carboxylic acids is 2. The van der Waals surface area contributed by atoms with Crippen LogP contribution < -0.4 is 5.32 Å². The molecule has 0 fully saturated rings. The van der Waals surface area contributed by atoms with E-state index >= 15 is 0 Å². The van der Waals surface area contributed by atoms with Crippen LogP contribution in [-0.4, -0.2) is 25.0 Å². The first-order valence-electron chi connectivity index (χ1n) is 2.93. The summed E-state index contributed by atoms with van der Waals surface area (Å²) in [7, 11) is 1.20. The maximum absolute atomic E-state index is 10.6. The summed E-state index contributed by atoms with van der Waals surface area (Å²) in [6.07, 6.45) is 4.23. The van der Waals surface area contributed by atoms with Crippen molar-refractivity contribution in [1.82, 2.24) is 5.32 Å². The van der Waals surface area contributed by atoms with E-state index in [4.69, 9.17) is 6.42 Å². The van der Waals surface area contributed by atoms with Gasteiger partial charge >= 0.3 is 6.09 Å². The van der Waals surface area contributed by atoms with Crippen molar-refractivity contribution < 1.29 is 14.3 Å². The van der Waals surface area contributed by atoms with Gasteiger partial charge in [0, 0.05) is 0 Å². The van der Waals surface area contributed by atoms with Crippen LogP contribution in [-0.2, 0) is 9.53 Å². The Bertz CT molecular complexity index is 204. The third kappa shape index (κ3) is 3.26. The molecular formula is C7H9NO3. The normalized spacial score (nSPS) is 11.0. The van der Waals surface area contributed by atoms with E-state index in [1.165, 1.54) is 14.0 Å². The van der Waals surface area contributed by atoms with Crippen molar-refractivity contribution in [3.63, 3.8) is 0 Å². The van der Waals surface area contributed by atoms with Gasteiger partial charge in [0.25, 0.3) is 0 Å². The lowest BCUT2D eigenvalue weighted by atomic mass is 10.2. The summed E-state index contributed by atoms with van der Waals surface area (Å²) in [6.45, 7) is 1.29. The van der Waals surface area contributed by atoms with Crippen LogP contribution in [0.5, 0.6) is 0 Å². The molecule has 1 N–H and O–H groups in total. The van der Waals surface area contributed by atoms with Gasteiger partial charge in [0.15, 0.2) is 11.8 Å². The van der Waals surface area contributed by atoms with E-state index in [2.05, 4.69) is 16.0 Å². The van der Waals surface area contributed by atoms with Gasteiger partial charge in [-0.05, 0) is 6.92 Å². The predicted octanol–water partition coefficient (Wildman–Crippen LogP) is -0.0668. The average Bonchev–Trinajstić information content (AvgIpc) is 1.99. The molecule has 0 aliphatic rings. The minimum Gasteiger partial charge on any atom is -0.453 e. The molecule has 4 nitrogen and oxygen atoms in total. The van der Waals surface area contributed by atoms with Crippen LogP contribution in [0.1, 0.15) is 6.92 Å². The average molecular weight is 155 g/mol. The topological polar surface area (TPSA) is 55.4 Å². The number of ketones is 1. The molecule has 0 aromatic rings. The highest BCUT2D eigenvalue weighted by molar-refractivity contribution is 5.88. The molecular weight excluding hydrogens is 146 g/mol. The van der Waals surface area contributed by atoms with E-state index in [0.717, 1.165) is 0 Å². The Hall–Kier alpha value is -1.50. The first kappa shape index (κ1) is 9.50. The molecule has 60 valence electrons. The standard InChI is InChI=1S/C7H9NO3/c1-4-6(5(2)9)8-7(10)11-3/h1,6H,2-3H3,(H,8,10)/t6-/m0/s1. The second kappa shape index (κ2) is 4.34.